The molecule has 1 heterocycles. The molecule has 1 aliphatic heterocycles. The van der Waals surface area contributed by atoms with Crippen molar-refractivity contribution in [1.82, 2.24) is 9.80 Å². The Morgan fingerprint density at radius 2 is 1.39 bits per heavy atom. The highest BCUT2D eigenvalue weighted by atomic mass is 16.5. The van der Waals surface area contributed by atoms with Gasteiger partial charge in [0.1, 0.15) is 18.1 Å². The monoisotopic (exact) mass is 444 g/mol. The van der Waals surface area contributed by atoms with Gasteiger partial charge in [-0.1, -0.05) is 35.9 Å². The Hall–Kier alpha value is -3.80. The summed E-state index contributed by atoms with van der Waals surface area (Å²) in [5.41, 5.74) is 3.48. The van der Waals surface area contributed by atoms with Gasteiger partial charge in [-0.2, -0.15) is 0 Å². The highest BCUT2D eigenvalue weighted by molar-refractivity contribution is 5.96. The molecule has 33 heavy (non-hydrogen) atoms. The fourth-order valence-electron chi connectivity index (χ4n) is 3.90. The average Bonchev–Trinajstić information content (AvgIpc) is 2.87. The second kappa shape index (κ2) is 10.2. The molecule has 0 aromatic heterocycles. The number of hydrogen-bond donors (Lipinski definition) is 0. The summed E-state index contributed by atoms with van der Waals surface area (Å²) >= 11 is 0. The molecular formula is C27H28N2O4. The minimum absolute atomic E-state index is 0.0312. The number of ether oxygens (including phenoxy) is 2. The number of hydrogen-bond acceptors (Lipinski definition) is 4. The molecule has 1 aliphatic rings. The lowest BCUT2D eigenvalue weighted by Crippen LogP contribution is -2.50. The molecule has 0 N–H and O–H groups in total. The van der Waals surface area contributed by atoms with Crippen molar-refractivity contribution in [2.24, 2.45) is 0 Å². The van der Waals surface area contributed by atoms with Gasteiger partial charge >= 0.3 is 0 Å². The minimum Gasteiger partial charge on any atom is -0.497 e. The first-order valence-corrected chi connectivity index (χ1v) is 11.0. The van der Waals surface area contributed by atoms with Crippen LogP contribution in [0, 0.1) is 6.92 Å². The van der Waals surface area contributed by atoms with E-state index in [1.165, 1.54) is 5.56 Å². The molecule has 3 aromatic rings. The smallest absolute Gasteiger partial charge is 0.254 e. The summed E-state index contributed by atoms with van der Waals surface area (Å²) in [7, 11) is 1.60. The number of carbonyl (C=O) groups excluding carboxylic acids is 2. The van der Waals surface area contributed by atoms with Gasteiger partial charge in [0.05, 0.1) is 7.11 Å². The number of rotatable bonds is 6. The second-order valence-electron chi connectivity index (χ2n) is 8.12. The topological polar surface area (TPSA) is 59.1 Å². The molecule has 0 bridgehead atoms. The largest absolute Gasteiger partial charge is 0.497 e. The molecule has 170 valence electrons. The van der Waals surface area contributed by atoms with E-state index in [-0.39, 0.29) is 11.8 Å². The lowest BCUT2D eigenvalue weighted by atomic mass is 10.1. The molecule has 4 rings (SSSR count). The number of benzene rings is 3. The number of nitrogens with zero attached hydrogens (tertiary/aromatic N) is 2. The zero-order valence-corrected chi connectivity index (χ0v) is 19.0. The standard InChI is InChI=1S/C27H28N2O4/c1-20-5-3-6-21(17-20)19-33-25-8-4-7-23(18-25)27(31)29-15-13-28(14-16-29)26(30)22-9-11-24(32-2)12-10-22/h3-12,17-18H,13-16,19H2,1-2H3. The Morgan fingerprint density at radius 1 is 0.758 bits per heavy atom. The van der Waals surface area contributed by atoms with E-state index in [0.717, 1.165) is 5.56 Å². The van der Waals surface area contributed by atoms with Crippen molar-refractivity contribution < 1.29 is 19.1 Å². The summed E-state index contributed by atoms with van der Waals surface area (Å²) in [6, 6.07) is 22.5. The molecule has 0 spiro atoms. The first kappa shape index (κ1) is 22.4. The van der Waals surface area contributed by atoms with Gasteiger partial charge in [0.25, 0.3) is 11.8 Å². The fourth-order valence-corrected chi connectivity index (χ4v) is 3.90. The van der Waals surface area contributed by atoms with E-state index >= 15 is 0 Å². The van der Waals surface area contributed by atoms with Crippen LogP contribution in [0.4, 0.5) is 0 Å². The predicted molar refractivity (Wildman–Crippen MR) is 127 cm³/mol. The molecule has 1 fully saturated rings. The van der Waals surface area contributed by atoms with Gasteiger partial charge in [-0.25, -0.2) is 0 Å². The summed E-state index contributed by atoms with van der Waals surface area (Å²) in [6.45, 7) is 4.49. The van der Waals surface area contributed by atoms with E-state index in [9.17, 15) is 9.59 Å². The van der Waals surface area contributed by atoms with E-state index in [2.05, 4.69) is 6.07 Å². The van der Waals surface area contributed by atoms with Gasteiger partial charge in [-0.3, -0.25) is 9.59 Å². The minimum atomic E-state index is -0.0486. The van der Waals surface area contributed by atoms with Crippen LogP contribution >= 0.6 is 0 Å². The predicted octanol–water partition coefficient (Wildman–Crippen LogP) is 4.18. The number of piperazine rings is 1. The highest BCUT2D eigenvalue weighted by Gasteiger charge is 2.25. The van der Waals surface area contributed by atoms with Gasteiger partial charge in [0.2, 0.25) is 0 Å². The normalized spacial score (nSPS) is 13.5. The molecule has 2 amide bonds. The van der Waals surface area contributed by atoms with Gasteiger partial charge in [-0.05, 0) is 55.0 Å². The molecule has 3 aromatic carbocycles. The maximum atomic E-state index is 13.0. The van der Waals surface area contributed by atoms with Crippen LogP contribution < -0.4 is 9.47 Å². The summed E-state index contributed by atoms with van der Waals surface area (Å²) in [5.74, 6) is 1.30. The van der Waals surface area contributed by atoms with Crippen molar-refractivity contribution >= 4 is 11.8 Å². The molecule has 0 aliphatic carbocycles. The maximum absolute atomic E-state index is 13.0. The number of amides is 2. The van der Waals surface area contributed by atoms with Crippen LogP contribution in [0.1, 0.15) is 31.8 Å². The lowest BCUT2D eigenvalue weighted by molar-refractivity contribution is 0.0535. The average molecular weight is 445 g/mol. The fraction of sp³-hybridized carbons (Fsp3) is 0.259. The SMILES string of the molecule is COc1ccc(C(=O)N2CCN(C(=O)c3cccc(OCc4cccc(C)c4)c3)CC2)cc1. The molecule has 0 atom stereocenters. The molecule has 0 saturated carbocycles. The van der Waals surface area contributed by atoms with E-state index in [1.54, 1.807) is 53.3 Å². The third-order valence-electron chi connectivity index (χ3n) is 5.76. The van der Waals surface area contributed by atoms with Crippen LogP contribution in [-0.4, -0.2) is 54.9 Å². The molecular weight excluding hydrogens is 416 g/mol. The van der Waals surface area contributed by atoms with Gasteiger partial charge in [0, 0.05) is 37.3 Å². The lowest BCUT2D eigenvalue weighted by Gasteiger charge is -2.35. The summed E-state index contributed by atoms with van der Waals surface area (Å²) in [5, 5.41) is 0. The van der Waals surface area contributed by atoms with Crippen molar-refractivity contribution in [3.8, 4) is 11.5 Å². The first-order chi connectivity index (χ1) is 16.0. The summed E-state index contributed by atoms with van der Waals surface area (Å²) in [6.07, 6.45) is 0. The van der Waals surface area contributed by atoms with Gasteiger partial charge in [-0.15, -0.1) is 0 Å². The van der Waals surface area contributed by atoms with Crippen LogP contribution in [0.5, 0.6) is 11.5 Å². The van der Waals surface area contributed by atoms with Crippen molar-refractivity contribution in [3.63, 3.8) is 0 Å². The first-order valence-electron chi connectivity index (χ1n) is 11.0. The van der Waals surface area contributed by atoms with E-state index in [4.69, 9.17) is 9.47 Å². The molecule has 0 unspecified atom stereocenters. The quantitative estimate of drug-likeness (QED) is 0.572. The molecule has 1 saturated heterocycles. The van der Waals surface area contributed by atoms with E-state index in [1.807, 2.05) is 37.3 Å². The molecule has 0 radical (unpaired) electrons. The van der Waals surface area contributed by atoms with Crippen molar-refractivity contribution in [3.05, 3.63) is 95.1 Å². The maximum Gasteiger partial charge on any atom is 0.254 e. The summed E-state index contributed by atoms with van der Waals surface area (Å²) in [4.78, 5) is 29.4. The highest BCUT2D eigenvalue weighted by Crippen LogP contribution is 2.19. The zero-order valence-electron chi connectivity index (χ0n) is 19.0. The third kappa shape index (κ3) is 5.52. The number of methoxy groups -OCH3 is 1. The van der Waals surface area contributed by atoms with Crippen molar-refractivity contribution in [2.75, 3.05) is 33.3 Å². The Labute approximate surface area is 194 Å². The third-order valence-corrected chi connectivity index (χ3v) is 5.76. The van der Waals surface area contributed by atoms with Gasteiger partial charge in [0.15, 0.2) is 0 Å². The van der Waals surface area contributed by atoms with E-state index < -0.39 is 0 Å². The van der Waals surface area contributed by atoms with E-state index in [0.29, 0.717) is 55.4 Å². The molecule has 6 heteroatoms. The Balaban J connectivity index is 1.33. The van der Waals surface area contributed by atoms with Crippen molar-refractivity contribution in [2.45, 2.75) is 13.5 Å². The Bertz CT molecular complexity index is 1120. The van der Waals surface area contributed by atoms with Crippen LogP contribution in [0.3, 0.4) is 0 Å². The Morgan fingerprint density at radius 3 is 2.03 bits per heavy atom. The summed E-state index contributed by atoms with van der Waals surface area (Å²) < 4.78 is 11.1. The van der Waals surface area contributed by atoms with Gasteiger partial charge < -0.3 is 19.3 Å². The second-order valence-corrected chi connectivity index (χ2v) is 8.12. The van der Waals surface area contributed by atoms with Crippen LogP contribution in [-0.2, 0) is 6.61 Å². The van der Waals surface area contributed by atoms with Crippen molar-refractivity contribution in [1.29, 1.82) is 0 Å². The number of aryl methyl sites for hydroxylation is 1. The van der Waals surface area contributed by atoms with Crippen LogP contribution in [0.2, 0.25) is 0 Å². The Kier molecular flexibility index (Phi) is 6.93. The number of carbonyl (C=O) groups is 2. The van der Waals surface area contributed by atoms with Crippen LogP contribution in [0.25, 0.3) is 0 Å². The zero-order chi connectivity index (χ0) is 23.2. The molecule has 6 nitrogen and oxygen atoms in total. The van der Waals surface area contributed by atoms with Crippen LogP contribution in [0.15, 0.2) is 72.8 Å².